The first-order valence-corrected chi connectivity index (χ1v) is 8.02. The summed E-state index contributed by atoms with van der Waals surface area (Å²) in [5, 5.41) is 0. The molecule has 124 valence electrons. The predicted molar refractivity (Wildman–Crippen MR) is 84.0 cm³/mol. The topological polar surface area (TPSA) is 64.8 Å². The van der Waals surface area contributed by atoms with Gasteiger partial charge >= 0.3 is 5.97 Å². The molecule has 5 heteroatoms. The molecule has 0 radical (unpaired) electrons. The molecule has 2 unspecified atom stereocenters. The summed E-state index contributed by atoms with van der Waals surface area (Å²) in [4.78, 5) is 14.4. The lowest BCUT2D eigenvalue weighted by Gasteiger charge is -2.31. The van der Waals surface area contributed by atoms with Gasteiger partial charge in [-0.1, -0.05) is 20.3 Å². The zero-order chi connectivity index (χ0) is 15.9. The summed E-state index contributed by atoms with van der Waals surface area (Å²) in [5.74, 6) is 0.591. The summed E-state index contributed by atoms with van der Waals surface area (Å²) in [5.41, 5.74) is 5.55. The van der Waals surface area contributed by atoms with Gasteiger partial charge in [-0.05, 0) is 37.6 Å². The Bertz CT molecular complexity index is 323. The highest BCUT2D eigenvalue weighted by Crippen LogP contribution is 2.37. The quantitative estimate of drug-likeness (QED) is 0.656. The van der Waals surface area contributed by atoms with Gasteiger partial charge in [0.25, 0.3) is 0 Å². The van der Waals surface area contributed by atoms with Crippen LogP contribution in [0, 0.1) is 11.8 Å². The Labute approximate surface area is 129 Å². The zero-order valence-corrected chi connectivity index (χ0v) is 14.1. The predicted octanol–water partition coefficient (Wildman–Crippen LogP) is 1.65. The third-order valence-corrected chi connectivity index (χ3v) is 4.47. The fourth-order valence-corrected chi connectivity index (χ4v) is 3.33. The van der Waals surface area contributed by atoms with Crippen LogP contribution in [0.5, 0.6) is 0 Å². The van der Waals surface area contributed by atoms with Gasteiger partial charge in [0.2, 0.25) is 0 Å². The molecule has 0 aromatic heterocycles. The lowest BCUT2D eigenvalue weighted by molar-refractivity contribution is -0.148. The van der Waals surface area contributed by atoms with E-state index in [9.17, 15) is 4.79 Å². The summed E-state index contributed by atoms with van der Waals surface area (Å²) >= 11 is 0. The van der Waals surface area contributed by atoms with Crippen LogP contribution in [0.4, 0.5) is 0 Å². The van der Waals surface area contributed by atoms with Crippen molar-refractivity contribution in [1.82, 2.24) is 4.90 Å². The van der Waals surface area contributed by atoms with Crippen LogP contribution < -0.4 is 5.73 Å². The number of rotatable bonds is 9. The molecule has 1 fully saturated rings. The van der Waals surface area contributed by atoms with Gasteiger partial charge in [0.05, 0.1) is 13.7 Å². The molecule has 0 saturated heterocycles. The Morgan fingerprint density at radius 1 is 1.38 bits per heavy atom. The molecular weight excluding hydrogens is 268 g/mol. The zero-order valence-electron chi connectivity index (χ0n) is 14.1. The Kier molecular flexibility index (Phi) is 7.63. The molecule has 0 amide bonds. The van der Waals surface area contributed by atoms with Crippen molar-refractivity contribution in [3.8, 4) is 0 Å². The second-order valence-corrected chi connectivity index (χ2v) is 6.60. The van der Waals surface area contributed by atoms with E-state index in [4.69, 9.17) is 15.2 Å². The lowest BCUT2D eigenvalue weighted by atomic mass is 9.85. The molecule has 0 heterocycles. The molecule has 1 aliphatic carbocycles. The summed E-state index contributed by atoms with van der Waals surface area (Å²) in [7, 11) is 3.16. The average Bonchev–Trinajstić information content (AvgIpc) is 2.83. The Morgan fingerprint density at radius 2 is 2.10 bits per heavy atom. The number of nitrogens with two attached hydrogens (primary N) is 1. The maximum absolute atomic E-state index is 12.0. The maximum Gasteiger partial charge on any atom is 0.326 e. The fraction of sp³-hybridized carbons (Fsp3) is 0.938. The maximum atomic E-state index is 12.0. The number of hydrogen-bond donors (Lipinski definition) is 1. The van der Waals surface area contributed by atoms with E-state index < -0.39 is 5.54 Å². The van der Waals surface area contributed by atoms with Gasteiger partial charge in [-0.2, -0.15) is 0 Å². The molecule has 0 aromatic rings. The molecular formula is C16H32N2O3. The van der Waals surface area contributed by atoms with Crippen molar-refractivity contribution in [3.63, 3.8) is 0 Å². The summed E-state index contributed by atoms with van der Waals surface area (Å²) < 4.78 is 10.1. The minimum absolute atomic E-state index is 0.224. The molecule has 0 aliphatic heterocycles. The van der Waals surface area contributed by atoms with Gasteiger partial charge in [0.1, 0.15) is 5.54 Å². The fourth-order valence-electron chi connectivity index (χ4n) is 3.33. The van der Waals surface area contributed by atoms with Crippen LogP contribution >= 0.6 is 0 Å². The van der Waals surface area contributed by atoms with Crippen molar-refractivity contribution in [2.75, 3.05) is 40.5 Å². The van der Waals surface area contributed by atoms with E-state index in [0.29, 0.717) is 5.92 Å². The van der Waals surface area contributed by atoms with Crippen molar-refractivity contribution in [3.05, 3.63) is 0 Å². The second-order valence-electron chi connectivity index (χ2n) is 6.60. The Morgan fingerprint density at radius 3 is 2.67 bits per heavy atom. The van der Waals surface area contributed by atoms with E-state index in [0.717, 1.165) is 51.9 Å². The minimum atomic E-state index is -0.778. The van der Waals surface area contributed by atoms with Crippen LogP contribution in [0.1, 0.15) is 39.5 Å². The second kappa shape index (κ2) is 8.71. The van der Waals surface area contributed by atoms with Crippen LogP contribution in [-0.4, -0.2) is 56.9 Å². The minimum Gasteiger partial charge on any atom is -0.468 e. The Hall–Kier alpha value is -0.650. The van der Waals surface area contributed by atoms with E-state index in [-0.39, 0.29) is 11.9 Å². The smallest absolute Gasteiger partial charge is 0.326 e. The van der Waals surface area contributed by atoms with E-state index >= 15 is 0 Å². The van der Waals surface area contributed by atoms with E-state index in [1.54, 1.807) is 7.11 Å². The van der Waals surface area contributed by atoms with Gasteiger partial charge in [-0.15, -0.1) is 0 Å². The SMILES string of the molecule is COCCN(CCC1CCCC1(N)C(=O)OC)CC(C)C. The van der Waals surface area contributed by atoms with Crippen molar-refractivity contribution in [1.29, 1.82) is 0 Å². The average molecular weight is 300 g/mol. The first-order chi connectivity index (χ1) is 9.93. The summed E-state index contributed by atoms with van der Waals surface area (Å²) in [6, 6.07) is 0. The molecule has 5 nitrogen and oxygen atoms in total. The van der Waals surface area contributed by atoms with Crippen molar-refractivity contribution >= 4 is 5.97 Å². The number of carbonyl (C=O) groups excluding carboxylic acids is 1. The van der Waals surface area contributed by atoms with Crippen LogP contribution in [0.25, 0.3) is 0 Å². The highest BCUT2D eigenvalue weighted by molar-refractivity contribution is 5.81. The van der Waals surface area contributed by atoms with E-state index in [2.05, 4.69) is 18.7 Å². The van der Waals surface area contributed by atoms with E-state index in [1.165, 1.54) is 7.11 Å². The molecule has 21 heavy (non-hydrogen) atoms. The molecule has 0 spiro atoms. The summed E-state index contributed by atoms with van der Waals surface area (Å²) in [6.45, 7) is 8.11. The highest BCUT2D eigenvalue weighted by Gasteiger charge is 2.46. The van der Waals surface area contributed by atoms with Gasteiger partial charge in [0.15, 0.2) is 0 Å². The molecule has 2 N–H and O–H groups in total. The van der Waals surface area contributed by atoms with Crippen molar-refractivity contribution < 1.29 is 14.3 Å². The van der Waals surface area contributed by atoms with Crippen molar-refractivity contribution in [2.24, 2.45) is 17.6 Å². The molecule has 2 atom stereocenters. The number of hydrogen-bond acceptors (Lipinski definition) is 5. The summed E-state index contributed by atoms with van der Waals surface area (Å²) in [6.07, 6.45) is 3.72. The first-order valence-electron chi connectivity index (χ1n) is 8.02. The van der Waals surface area contributed by atoms with Crippen LogP contribution in [0.15, 0.2) is 0 Å². The molecule has 1 saturated carbocycles. The number of nitrogens with zero attached hydrogens (tertiary/aromatic N) is 1. The highest BCUT2D eigenvalue weighted by atomic mass is 16.5. The number of methoxy groups -OCH3 is 2. The van der Waals surface area contributed by atoms with Crippen LogP contribution in [0.2, 0.25) is 0 Å². The third-order valence-electron chi connectivity index (χ3n) is 4.47. The number of ether oxygens (including phenoxy) is 2. The van der Waals surface area contributed by atoms with E-state index in [1.807, 2.05) is 0 Å². The van der Waals surface area contributed by atoms with Gasteiger partial charge in [-0.3, -0.25) is 4.79 Å². The number of carbonyl (C=O) groups is 1. The third kappa shape index (κ3) is 5.24. The molecule has 0 aromatic carbocycles. The number of esters is 1. The van der Waals surface area contributed by atoms with Gasteiger partial charge < -0.3 is 20.1 Å². The van der Waals surface area contributed by atoms with Crippen LogP contribution in [0.3, 0.4) is 0 Å². The standard InChI is InChI=1S/C16H32N2O3/c1-13(2)12-18(10-11-20-3)9-7-14-6-5-8-16(14,17)15(19)21-4/h13-14H,5-12,17H2,1-4H3. The first kappa shape index (κ1) is 18.4. The molecule has 0 bridgehead atoms. The molecule has 1 rings (SSSR count). The van der Waals surface area contributed by atoms with Crippen molar-refractivity contribution in [2.45, 2.75) is 45.1 Å². The van der Waals surface area contributed by atoms with Gasteiger partial charge in [-0.25, -0.2) is 0 Å². The molecule has 1 aliphatic rings. The largest absolute Gasteiger partial charge is 0.468 e. The van der Waals surface area contributed by atoms with Crippen LogP contribution in [-0.2, 0) is 14.3 Å². The van der Waals surface area contributed by atoms with Gasteiger partial charge in [0, 0.05) is 20.2 Å². The normalized spacial score (nSPS) is 25.8. The Balaban J connectivity index is 2.55. The lowest BCUT2D eigenvalue weighted by Crippen LogP contribution is -2.52. The monoisotopic (exact) mass is 300 g/mol.